The van der Waals surface area contributed by atoms with Gasteiger partial charge in [-0.3, -0.25) is 4.84 Å². The number of thioether (sulfide) groups is 1. The first-order chi connectivity index (χ1) is 9.04. The smallest absolute Gasteiger partial charge is 0.296 e. The van der Waals surface area contributed by atoms with Crippen molar-refractivity contribution in [1.82, 2.24) is 4.31 Å². The molecule has 0 spiro atoms. The molecule has 0 bridgehead atoms. The second-order valence-corrected chi connectivity index (χ2v) is 7.26. The Bertz CT molecular complexity index is 479. The molecule has 0 aliphatic heterocycles. The SMILES string of the molecule is CSC(C)=NOC(=O)N(C)S(=O)Sc1ccccc1. The fraction of sp³-hybridized carbons (Fsp3) is 0.273. The Hall–Kier alpha value is -0.990. The molecule has 0 radical (unpaired) electrons. The Labute approximate surface area is 122 Å². The van der Waals surface area contributed by atoms with Gasteiger partial charge >= 0.3 is 6.09 Å². The molecule has 1 atom stereocenters. The Morgan fingerprint density at radius 2 is 2.00 bits per heavy atom. The normalized spacial score (nSPS) is 12.9. The highest BCUT2D eigenvalue weighted by Gasteiger charge is 2.18. The molecule has 0 fully saturated rings. The molecule has 19 heavy (non-hydrogen) atoms. The maximum Gasteiger partial charge on any atom is 0.448 e. The molecule has 0 aliphatic rings. The third-order valence-electron chi connectivity index (χ3n) is 1.94. The summed E-state index contributed by atoms with van der Waals surface area (Å²) in [7, 11) is 0.902. The zero-order valence-corrected chi connectivity index (χ0v) is 13.2. The second-order valence-electron chi connectivity index (χ2n) is 3.28. The summed E-state index contributed by atoms with van der Waals surface area (Å²) < 4.78 is 12.9. The highest BCUT2D eigenvalue weighted by molar-refractivity contribution is 8.68. The van der Waals surface area contributed by atoms with Crippen LogP contribution in [0.25, 0.3) is 0 Å². The number of hydrogen-bond acceptors (Lipinski definition) is 6. The van der Waals surface area contributed by atoms with Gasteiger partial charge in [0.2, 0.25) is 0 Å². The van der Waals surface area contributed by atoms with Crippen LogP contribution in [0.2, 0.25) is 0 Å². The first-order valence-corrected chi connectivity index (χ1v) is 8.89. The number of nitrogens with zero attached hydrogens (tertiary/aromatic N) is 2. The van der Waals surface area contributed by atoms with E-state index in [1.54, 1.807) is 6.92 Å². The minimum Gasteiger partial charge on any atom is -0.296 e. The van der Waals surface area contributed by atoms with Crippen molar-refractivity contribution in [3.05, 3.63) is 30.3 Å². The topological polar surface area (TPSA) is 59.0 Å². The summed E-state index contributed by atoms with van der Waals surface area (Å²) in [5.74, 6) is 0. The molecule has 1 aromatic rings. The fourth-order valence-corrected chi connectivity index (χ4v) is 3.03. The number of carbonyl (C=O) groups excluding carboxylic acids is 1. The Balaban J connectivity index is 2.55. The van der Waals surface area contributed by atoms with E-state index in [-0.39, 0.29) is 0 Å². The van der Waals surface area contributed by atoms with Gasteiger partial charge in [0, 0.05) is 11.9 Å². The molecule has 0 aliphatic carbocycles. The molecule has 0 heterocycles. The fourth-order valence-electron chi connectivity index (χ4n) is 0.873. The van der Waals surface area contributed by atoms with Crippen LogP contribution in [-0.2, 0) is 14.9 Å². The quantitative estimate of drug-likeness (QED) is 0.281. The highest BCUT2D eigenvalue weighted by Crippen LogP contribution is 2.23. The number of oxime groups is 1. The third kappa shape index (κ3) is 5.66. The van der Waals surface area contributed by atoms with Crippen molar-refractivity contribution >= 4 is 43.7 Å². The van der Waals surface area contributed by atoms with E-state index >= 15 is 0 Å². The van der Waals surface area contributed by atoms with E-state index < -0.39 is 16.1 Å². The lowest BCUT2D eigenvalue weighted by atomic mass is 10.4. The van der Waals surface area contributed by atoms with Gasteiger partial charge in [0.1, 0.15) is 5.04 Å². The molecule has 0 aromatic heterocycles. The molecule has 0 saturated carbocycles. The number of hydrogen-bond donors (Lipinski definition) is 0. The molecule has 1 aromatic carbocycles. The summed E-state index contributed by atoms with van der Waals surface area (Å²) in [6.45, 7) is 1.72. The van der Waals surface area contributed by atoms with Crippen LogP contribution < -0.4 is 0 Å². The first kappa shape index (κ1) is 16.1. The Morgan fingerprint density at radius 3 is 2.58 bits per heavy atom. The molecule has 104 valence electrons. The molecule has 0 N–H and O–H groups in total. The van der Waals surface area contributed by atoms with Crippen LogP contribution in [0, 0.1) is 0 Å². The van der Waals surface area contributed by atoms with Crippen molar-refractivity contribution < 1.29 is 13.8 Å². The van der Waals surface area contributed by atoms with Crippen molar-refractivity contribution in [3.8, 4) is 0 Å². The van der Waals surface area contributed by atoms with Gasteiger partial charge in [-0.15, -0.1) is 11.8 Å². The first-order valence-electron chi connectivity index (χ1n) is 5.23. The lowest BCUT2D eigenvalue weighted by molar-refractivity contribution is 0.136. The summed E-state index contributed by atoms with van der Waals surface area (Å²) in [4.78, 5) is 17.0. The standard InChI is InChI=1S/C11H14N2O3S3/c1-9(17-3)12-16-11(14)13(2)19(15)18-10-7-5-4-6-8-10/h4-8H,1-3H3. The summed E-state index contributed by atoms with van der Waals surface area (Å²) in [6, 6.07) is 9.17. The summed E-state index contributed by atoms with van der Waals surface area (Å²) >= 11 is 1.36. The van der Waals surface area contributed by atoms with E-state index in [1.165, 1.54) is 18.8 Å². The third-order valence-corrected chi connectivity index (χ3v) is 5.48. The van der Waals surface area contributed by atoms with Crippen LogP contribution in [0.1, 0.15) is 6.92 Å². The van der Waals surface area contributed by atoms with Gasteiger partial charge in [0.05, 0.1) is 0 Å². The maximum absolute atomic E-state index is 11.9. The number of benzene rings is 1. The lowest BCUT2D eigenvalue weighted by Gasteiger charge is -2.12. The van der Waals surface area contributed by atoms with Gasteiger partial charge in [0.25, 0.3) is 0 Å². The zero-order chi connectivity index (χ0) is 14.3. The highest BCUT2D eigenvalue weighted by atomic mass is 33.1. The molecule has 1 amide bonds. The monoisotopic (exact) mass is 318 g/mol. The van der Waals surface area contributed by atoms with Crippen LogP contribution >= 0.6 is 22.6 Å². The van der Waals surface area contributed by atoms with Crippen LogP contribution in [0.3, 0.4) is 0 Å². The minimum absolute atomic E-state index is 0.614. The van der Waals surface area contributed by atoms with Gasteiger partial charge < -0.3 is 0 Å². The average Bonchev–Trinajstić information content (AvgIpc) is 2.44. The number of carbonyl (C=O) groups is 1. The van der Waals surface area contributed by atoms with E-state index in [4.69, 9.17) is 0 Å². The maximum atomic E-state index is 11.9. The summed E-state index contributed by atoms with van der Waals surface area (Å²) in [6.07, 6.45) is 1.06. The van der Waals surface area contributed by atoms with Crippen molar-refractivity contribution in [3.63, 3.8) is 0 Å². The molecule has 0 saturated heterocycles. The predicted molar refractivity (Wildman–Crippen MR) is 81.3 cm³/mol. The summed E-state index contributed by atoms with van der Waals surface area (Å²) in [5.41, 5.74) is 0. The largest absolute Gasteiger partial charge is 0.448 e. The van der Waals surface area contributed by atoms with E-state index in [2.05, 4.69) is 9.99 Å². The van der Waals surface area contributed by atoms with Crippen LogP contribution in [0.15, 0.2) is 40.4 Å². The minimum atomic E-state index is -1.56. The Kier molecular flexibility index (Phi) is 6.96. The predicted octanol–water partition coefficient (Wildman–Crippen LogP) is 3.12. The molecule has 1 unspecified atom stereocenters. The van der Waals surface area contributed by atoms with Gasteiger partial charge in [-0.2, -0.15) is 0 Å². The van der Waals surface area contributed by atoms with Crippen molar-refractivity contribution in [2.24, 2.45) is 5.16 Å². The molecule has 5 nitrogen and oxygen atoms in total. The summed E-state index contributed by atoms with van der Waals surface area (Å²) in [5, 5.41) is 4.21. The zero-order valence-electron chi connectivity index (χ0n) is 10.7. The van der Waals surface area contributed by atoms with Crippen molar-refractivity contribution in [2.45, 2.75) is 11.8 Å². The Morgan fingerprint density at radius 1 is 1.37 bits per heavy atom. The van der Waals surface area contributed by atoms with Crippen LogP contribution in [-0.4, -0.2) is 33.0 Å². The van der Waals surface area contributed by atoms with E-state index in [0.29, 0.717) is 5.04 Å². The van der Waals surface area contributed by atoms with Gasteiger partial charge in [-0.05, 0) is 36.1 Å². The second kappa shape index (κ2) is 8.23. The number of amides is 1. The lowest BCUT2D eigenvalue weighted by Crippen LogP contribution is -2.26. The van der Waals surface area contributed by atoms with Crippen LogP contribution in [0.5, 0.6) is 0 Å². The molecular formula is C11H14N2O3S3. The van der Waals surface area contributed by atoms with Gasteiger partial charge in [-0.1, -0.05) is 23.4 Å². The van der Waals surface area contributed by atoms with E-state index in [9.17, 15) is 9.00 Å². The van der Waals surface area contributed by atoms with Gasteiger partial charge in [-0.25, -0.2) is 13.3 Å². The molecular weight excluding hydrogens is 304 g/mol. The van der Waals surface area contributed by atoms with Crippen LogP contribution in [0.4, 0.5) is 4.79 Å². The number of rotatable bonds is 4. The average molecular weight is 318 g/mol. The van der Waals surface area contributed by atoms with Gasteiger partial charge in [0.15, 0.2) is 10.0 Å². The molecule has 8 heteroatoms. The van der Waals surface area contributed by atoms with Crippen molar-refractivity contribution in [2.75, 3.05) is 13.3 Å². The van der Waals surface area contributed by atoms with E-state index in [0.717, 1.165) is 20.0 Å². The van der Waals surface area contributed by atoms with E-state index in [1.807, 2.05) is 36.6 Å². The molecule has 1 rings (SSSR count). The van der Waals surface area contributed by atoms with Crippen molar-refractivity contribution in [1.29, 1.82) is 0 Å².